The minimum Gasteiger partial charge on any atom is -0.239 e. The topological polar surface area (TPSA) is 25.8 Å². The van der Waals surface area contributed by atoms with Crippen LogP contribution in [0, 0.1) is 13.8 Å². The lowest BCUT2D eigenvalue weighted by molar-refractivity contribution is 0.784. The fraction of sp³-hybridized carbons (Fsp3) is 0.412. The van der Waals surface area contributed by atoms with E-state index in [9.17, 15) is 0 Å². The average molecular weight is 254 g/mol. The summed E-state index contributed by atoms with van der Waals surface area (Å²) in [4.78, 5) is 8.79. The second kappa shape index (κ2) is 6.46. The highest BCUT2D eigenvalue weighted by atomic mass is 14.9. The Morgan fingerprint density at radius 2 is 1.58 bits per heavy atom. The van der Waals surface area contributed by atoms with Gasteiger partial charge in [-0.05, 0) is 56.7 Å². The highest BCUT2D eigenvalue weighted by Gasteiger charge is 2.00. The number of aryl methyl sites for hydroxylation is 5. The summed E-state index contributed by atoms with van der Waals surface area (Å²) in [6.45, 7) is 6.18. The van der Waals surface area contributed by atoms with Gasteiger partial charge < -0.3 is 0 Å². The van der Waals surface area contributed by atoms with Crippen LogP contribution >= 0.6 is 0 Å². The van der Waals surface area contributed by atoms with Crippen LogP contribution in [0.3, 0.4) is 0 Å². The molecule has 0 unspecified atom stereocenters. The molecule has 0 N–H and O–H groups in total. The molecule has 0 bridgehead atoms. The van der Waals surface area contributed by atoms with Crippen LogP contribution in [-0.2, 0) is 19.3 Å². The van der Waals surface area contributed by atoms with Crippen molar-refractivity contribution in [1.29, 1.82) is 0 Å². The Labute approximate surface area is 115 Å². The average Bonchev–Trinajstić information content (AvgIpc) is 2.38. The van der Waals surface area contributed by atoms with Crippen LogP contribution in [0.15, 0.2) is 30.3 Å². The summed E-state index contributed by atoms with van der Waals surface area (Å²) in [6, 6.07) is 11.0. The normalized spacial score (nSPS) is 10.7. The fourth-order valence-corrected chi connectivity index (χ4v) is 2.34. The molecule has 1 aromatic carbocycles. The molecule has 0 aliphatic heterocycles. The molecule has 2 aromatic rings. The van der Waals surface area contributed by atoms with E-state index in [1.54, 1.807) is 0 Å². The summed E-state index contributed by atoms with van der Waals surface area (Å²) in [7, 11) is 0. The highest BCUT2D eigenvalue weighted by molar-refractivity contribution is 5.22. The maximum absolute atomic E-state index is 4.48. The van der Waals surface area contributed by atoms with Crippen molar-refractivity contribution in [2.75, 3.05) is 0 Å². The van der Waals surface area contributed by atoms with Gasteiger partial charge in [0.2, 0.25) is 0 Å². The van der Waals surface area contributed by atoms with E-state index >= 15 is 0 Å². The maximum atomic E-state index is 4.48. The first-order chi connectivity index (χ1) is 9.17. The van der Waals surface area contributed by atoms with Gasteiger partial charge in [-0.25, -0.2) is 9.97 Å². The first-order valence-corrected chi connectivity index (χ1v) is 7.06. The van der Waals surface area contributed by atoms with Crippen molar-refractivity contribution < 1.29 is 0 Å². The molecule has 100 valence electrons. The van der Waals surface area contributed by atoms with Crippen LogP contribution in [0.1, 0.15) is 41.7 Å². The third-order valence-corrected chi connectivity index (χ3v) is 3.35. The summed E-state index contributed by atoms with van der Waals surface area (Å²) in [5.41, 5.74) is 5.05. The van der Waals surface area contributed by atoms with E-state index in [2.05, 4.69) is 47.2 Å². The van der Waals surface area contributed by atoms with Gasteiger partial charge in [0.05, 0.1) is 0 Å². The van der Waals surface area contributed by atoms with Crippen LogP contribution < -0.4 is 0 Å². The summed E-state index contributed by atoms with van der Waals surface area (Å²) in [5, 5.41) is 0. The summed E-state index contributed by atoms with van der Waals surface area (Å²) < 4.78 is 0. The Kier molecular flexibility index (Phi) is 4.67. The Morgan fingerprint density at radius 1 is 0.895 bits per heavy atom. The van der Waals surface area contributed by atoms with Crippen molar-refractivity contribution in [1.82, 2.24) is 9.97 Å². The number of benzene rings is 1. The molecule has 0 saturated heterocycles. The van der Waals surface area contributed by atoms with Crippen LogP contribution in [-0.4, -0.2) is 9.97 Å². The molecule has 2 nitrogen and oxygen atoms in total. The predicted molar refractivity (Wildman–Crippen MR) is 79.4 cm³/mol. The second-order valence-electron chi connectivity index (χ2n) is 5.07. The molecular weight excluding hydrogens is 232 g/mol. The van der Waals surface area contributed by atoms with Crippen molar-refractivity contribution in [2.24, 2.45) is 0 Å². The van der Waals surface area contributed by atoms with Gasteiger partial charge in [-0.15, -0.1) is 0 Å². The fourth-order valence-electron chi connectivity index (χ4n) is 2.34. The van der Waals surface area contributed by atoms with E-state index in [0.29, 0.717) is 0 Å². The van der Waals surface area contributed by atoms with Crippen LogP contribution in [0.5, 0.6) is 0 Å². The lowest BCUT2D eigenvalue weighted by Crippen LogP contribution is -1.98. The molecule has 0 fully saturated rings. The van der Waals surface area contributed by atoms with Gasteiger partial charge >= 0.3 is 0 Å². The van der Waals surface area contributed by atoms with E-state index in [1.807, 2.05) is 13.8 Å². The Balaban J connectivity index is 1.88. The lowest BCUT2D eigenvalue weighted by Gasteiger charge is -2.05. The number of hydrogen-bond acceptors (Lipinski definition) is 2. The van der Waals surface area contributed by atoms with Gasteiger partial charge in [-0.2, -0.15) is 0 Å². The Bertz CT molecular complexity index is 509. The zero-order valence-electron chi connectivity index (χ0n) is 12.1. The zero-order chi connectivity index (χ0) is 13.7. The standard InChI is InChI=1S/C17H22N2/c1-4-15-8-10-16(11-9-15)6-5-7-17-12-13(2)18-14(3)19-17/h8-12H,4-7H2,1-3H3. The molecule has 0 aliphatic carbocycles. The van der Waals surface area contributed by atoms with Crippen LogP contribution in [0.25, 0.3) is 0 Å². The summed E-state index contributed by atoms with van der Waals surface area (Å²) >= 11 is 0. The van der Waals surface area contributed by atoms with Crippen molar-refractivity contribution >= 4 is 0 Å². The Morgan fingerprint density at radius 3 is 2.21 bits per heavy atom. The van der Waals surface area contributed by atoms with Crippen LogP contribution in [0.2, 0.25) is 0 Å². The van der Waals surface area contributed by atoms with Crippen molar-refractivity contribution in [3.05, 3.63) is 58.7 Å². The van der Waals surface area contributed by atoms with E-state index in [4.69, 9.17) is 0 Å². The van der Waals surface area contributed by atoms with Gasteiger partial charge in [0.15, 0.2) is 0 Å². The molecule has 2 heteroatoms. The van der Waals surface area contributed by atoms with E-state index in [0.717, 1.165) is 42.9 Å². The Hall–Kier alpha value is -1.70. The molecule has 0 saturated carbocycles. The minimum atomic E-state index is 0.877. The molecule has 1 aromatic heterocycles. The third-order valence-electron chi connectivity index (χ3n) is 3.35. The molecule has 0 aliphatic rings. The predicted octanol–water partition coefficient (Wildman–Crippen LogP) is 3.83. The zero-order valence-corrected chi connectivity index (χ0v) is 12.1. The maximum Gasteiger partial charge on any atom is 0.125 e. The third kappa shape index (κ3) is 4.16. The number of hydrogen-bond donors (Lipinski definition) is 0. The number of rotatable bonds is 5. The van der Waals surface area contributed by atoms with Gasteiger partial charge in [-0.3, -0.25) is 0 Å². The molecule has 0 spiro atoms. The minimum absolute atomic E-state index is 0.877. The van der Waals surface area contributed by atoms with E-state index < -0.39 is 0 Å². The van der Waals surface area contributed by atoms with Crippen LogP contribution in [0.4, 0.5) is 0 Å². The van der Waals surface area contributed by atoms with E-state index in [-0.39, 0.29) is 0 Å². The monoisotopic (exact) mass is 254 g/mol. The van der Waals surface area contributed by atoms with E-state index in [1.165, 1.54) is 11.1 Å². The second-order valence-corrected chi connectivity index (χ2v) is 5.07. The largest absolute Gasteiger partial charge is 0.239 e. The molecule has 1 heterocycles. The van der Waals surface area contributed by atoms with Crippen molar-refractivity contribution in [3.63, 3.8) is 0 Å². The number of nitrogens with zero attached hydrogens (tertiary/aromatic N) is 2. The molecule has 0 amide bonds. The SMILES string of the molecule is CCc1ccc(CCCc2cc(C)nc(C)n2)cc1. The smallest absolute Gasteiger partial charge is 0.125 e. The van der Waals surface area contributed by atoms with Crippen molar-refractivity contribution in [2.45, 2.75) is 46.5 Å². The van der Waals surface area contributed by atoms with Gasteiger partial charge in [0.1, 0.15) is 5.82 Å². The summed E-state index contributed by atoms with van der Waals surface area (Å²) in [5.74, 6) is 0.877. The molecule has 19 heavy (non-hydrogen) atoms. The summed E-state index contributed by atoms with van der Waals surface area (Å²) in [6.07, 6.45) is 4.40. The molecule has 0 radical (unpaired) electrons. The lowest BCUT2D eigenvalue weighted by atomic mass is 10.0. The first kappa shape index (κ1) is 13.7. The van der Waals surface area contributed by atoms with Gasteiger partial charge in [0, 0.05) is 11.4 Å². The quantitative estimate of drug-likeness (QED) is 0.810. The first-order valence-electron chi connectivity index (χ1n) is 7.06. The van der Waals surface area contributed by atoms with Gasteiger partial charge in [0.25, 0.3) is 0 Å². The molecule has 2 rings (SSSR count). The molecule has 0 atom stereocenters. The van der Waals surface area contributed by atoms with Gasteiger partial charge in [-0.1, -0.05) is 31.2 Å². The van der Waals surface area contributed by atoms with Crippen molar-refractivity contribution in [3.8, 4) is 0 Å². The highest BCUT2D eigenvalue weighted by Crippen LogP contribution is 2.10. The molecular formula is C17H22N2. The number of aromatic nitrogens is 2.